The number of amides is 1. The fraction of sp³-hybridized carbons (Fsp3) is 0.750. The molecule has 0 unspecified atom stereocenters. The molecule has 0 aromatic rings. The van der Waals surface area contributed by atoms with Gasteiger partial charge in [0, 0.05) is 17.7 Å². The summed E-state index contributed by atoms with van der Waals surface area (Å²) in [6.45, 7) is 7.62. The number of nitrogens with zero attached hydrogens (tertiary/aromatic N) is 1. The van der Waals surface area contributed by atoms with E-state index in [2.05, 4.69) is 10.5 Å². The van der Waals surface area contributed by atoms with Gasteiger partial charge in [-0.25, -0.2) is 5.43 Å². The summed E-state index contributed by atoms with van der Waals surface area (Å²) in [7, 11) is 0. The van der Waals surface area contributed by atoms with E-state index >= 15 is 0 Å². The van der Waals surface area contributed by atoms with Gasteiger partial charge in [0.1, 0.15) is 0 Å². The third-order valence-corrected chi connectivity index (χ3v) is 1.32. The van der Waals surface area contributed by atoms with Crippen molar-refractivity contribution in [1.29, 1.82) is 0 Å². The van der Waals surface area contributed by atoms with Gasteiger partial charge in [-0.1, -0.05) is 20.8 Å². The van der Waals surface area contributed by atoms with E-state index in [1.54, 1.807) is 6.92 Å². The fourth-order valence-electron chi connectivity index (χ4n) is 0.360. The number of nitrogens with two attached hydrogens (primary N) is 1. The first-order valence-corrected chi connectivity index (χ1v) is 3.91. The predicted molar refractivity (Wildman–Crippen MR) is 49.8 cm³/mol. The van der Waals surface area contributed by atoms with E-state index in [0.29, 0.717) is 12.3 Å². The average molecular weight is 171 g/mol. The second kappa shape index (κ2) is 4.21. The van der Waals surface area contributed by atoms with Crippen LogP contribution in [0.3, 0.4) is 0 Å². The zero-order valence-corrected chi connectivity index (χ0v) is 8.14. The lowest BCUT2D eigenvalue weighted by molar-refractivity contribution is -0.128. The summed E-state index contributed by atoms with van der Waals surface area (Å²) in [6, 6.07) is 0. The first kappa shape index (κ1) is 11.1. The maximum atomic E-state index is 11.2. The highest BCUT2D eigenvalue weighted by atomic mass is 16.2. The van der Waals surface area contributed by atoms with E-state index in [0.717, 1.165) is 0 Å². The van der Waals surface area contributed by atoms with Gasteiger partial charge in [-0.3, -0.25) is 4.79 Å². The molecule has 4 heteroatoms. The van der Waals surface area contributed by atoms with Crippen LogP contribution in [-0.4, -0.2) is 18.2 Å². The zero-order valence-electron chi connectivity index (χ0n) is 8.14. The number of hydrogen-bond acceptors (Lipinski definition) is 3. The molecule has 0 aliphatic rings. The molecule has 0 fully saturated rings. The fourth-order valence-corrected chi connectivity index (χ4v) is 0.360. The highest BCUT2D eigenvalue weighted by Crippen LogP contribution is 2.11. The lowest BCUT2D eigenvalue weighted by Gasteiger charge is -2.15. The van der Waals surface area contributed by atoms with Crippen molar-refractivity contribution in [3.63, 3.8) is 0 Å². The molecule has 70 valence electrons. The Morgan fingerprint density at radius 3 is 2.33 bits per heavy atom. The second-order valence-corrected chi connectivity index (χ2v) is 3.74. The summed E-state index contributed by atoms with van der Waals surface area (Å²) >= 11 is 0. The molecule has 0 spiro atoms. The first-order chi connectivity index (χ1) is 5.38. The van der Waals surface area contributed by atoms with Gasteiger partial charge in [0.25, 0.3) is 0 Å². The summed E-state index contributed by atoms with van der Waals surface area (Å²) < 4.78 is 0. The standard InChI is InChI=1S/C8H17N3O/c1-6(5-9)10-11-7(12)8(2,3)4/h5,9H2,1-4H3,(H,11,12)/b10-6+. The molecule has 1 amide bonds. The third kappa shape index (κ3) is 4.08. The molecule has 0 radical (unpaired) electrons. The Hall–Kier alpha value is -0.900. The predicted octanol–water partition coefficient (Wildman–Crippen LogP) is 0.483. The molecule has 0 aliphatic heterocycles. The van der Waals surface area contributed by atoms with Crippen molar-refractivity contribution in [1.82, 2.24) is 5.43 Å². The van der Waals surface area contributed by atoms with Gasteiger partial charge in [-0.05, 0) is 6.92 Å². The Labute approximate surface area is 73.2 Å². The van der Waals surface area contributed by atoms with Crippen LogP contribution in [0.5, 0.6) is 0 Å². The maximum Gasteiger partial charge on any atom is 0.245 e. The van der Waals surface area contributed by atoms with Gasteiger partial charge in [0.15, 0.2) is 0 Å². The van der Waals surface area contributed by atoms with E-state index in [1.807, 2.05) is 20.8 Å². The summed E-state index contributed by atoms with van der Waals surface area (Å²) in [5, 5.41) is 3.80. The van der Waals surface area contributed by atoms with Crippen LogP contribution in [0.1, 0.15) is 27.7 Å². The Bertz CT molecular complexity index is 191. The summed E-state index contributed by atoms with van der Waals surface area (Å²) in [6.07, 6.45) is 0. The number of carbonyl (C=O) groups excluding carboxylic acids is 1. The third-order valence-electron chi connectivity index (χ3n) is 1.32. The van der Waals surface area contributed by atoms with Crippen molar-refractivity contribution in [3.8, 4) is 0 Å². The van der Waals surface area contributed by atoms with Gasteiger partial charge >= 0.3 is 0 Å². The maximum absolute atomic E-state index is 11.2. The monoisotopic (exact) mass is 171 g/mol. The molecule has 3 N–H and O–H groups in total. The number of carbonyl (C=O) groups is 1. The molecule has 4 nitrogen and oxygen atoms in total. The molecule has 0 saturated carbocycles. The first-order valence-electron chi connectivity index (χ1n) is 3.91. The SMILES string of the molecule is C/C(CN)=N\NC(=O)C(C)(C)C. The van der Waals surface area contributed by atoms with E-state index in [1.165, 1.54) is 0 Å². The van der Waals surface area contributed by atoms with Gasteiger partial charge in [0.05, 0.1) is 0 Å². The molecular weight excluding hydrogens is 154 g/mol. The molecule has 0 aromatic heterocycles. The van der Waals surface area contributed by atoms with Crippen molar-refractivity contribution in [3.05, 3.63) is 0 Å². The Morgan fingerprint density at radius 1 is 1.50 bits per heavy atom. The van der Waals surface area contributed by atoms with Crippen LogP contribution in [0.25, 0.3) is 0 Å². The highest BCUT2D eigenvalue weighted by molar-refractivity contribution is 5.87. The minimum atomic E-state index is -0.404. The quantitative estimate of drug-likeness (QED) is 0.469. The van der Waals surface area contributed by atoms with Crippen LogP contribution in [0.4, 0.5) is 0 Å². The van der Waals surface area contributed by atoms with Gasteiger partial charge in [-0.2, -0.15) is 5.10 Å². The Kier molecular flexibility index (Phi) is 3.89. The van der Waals surface area contributed by atoms with Crippen molar-refractivity contribution in [2.24, 2.45) is 16.3 Å². The van der Waals surface area contributed by atoms with E-state index in [9.17, 15) is 4.79 Å². The van der Waals surface area contributed by atoms with Crippen LogP contribution in [-0.2, 0) is 4.79 Å². The summed E-state index contributed by atoms with van der Waals surface area (Å²) in [5.41, 5.74) is 8.04. The van der Waals surface area contributed by atoms with Crippen LogP contribution in [0.2, 0.25) is 0 Å². The van der Waals surface area contributed by atoms with E-state index < -0.39 is 5.41 Å². The summed E-state index contributed by atoms with van der Waals surface area (Å²) in [5.74, 6) is -0.102. The van der Waals surface area contributed by atoms with Crippen molar-refractivity contribution >= 4 is 11.6 Å². The molecule has 0 rings (SSSR count). The van der Waals surface area contributed by atoms with Crippen molar-refractivity contribution < 1.29 is 4.79 Å². The normalized spacial score (nSPS) is 12.9. The van der Waals surface area contributed by atoms with Crippen LogP contribution in [0.15, 0.2) is 5.10 Å². The number of hydrazone groups is 1. The number of hydrogen-bond donors (Lipinski definition) is 2. The molecule has 12 heavy (non-hydrogen) atoms. The van der Waals surface area contributed by atoms with Crippen LogP contribution in [0, 0.1) is 5.41 Å². The molecule has 0 saturated heterocycles. The van der Waals surface area contributed by atoms with Gasteiger partial charge in [-0.15, -0.1) is 0 Å². The van der Waals surface area contributed by atoms with E-state index in [4.69, 9.17) is 5.73 Å². The molecule has 0 aromatic carbocycles. The largest absolute Gasteiger partial charge is 0.325 e. The molecule has 0 heterocycles. The highest BCUT2D eigenvalue weighted by Gasteiger charge is 2.20. The van der Waals surface area contributed by atoms with Crippen molar-refractivity contribution in [2.45, 2.75) is 27.7 Å². The second-order valence-electron chi connectivity index (χ2n) is 3.74. The van der Waals surface area contributed by atoms with Crippen LogP contribution < -0.4 is 11.2 Å². The lowest BCUT2D eigenvalue weighted by atomic mass is 9.96. The Balaban J connectivity index is 4.04. The minimum absolute atomic E-state index is 0.102. The number of rotatable bonds is 2. The molecule has 0 bridgehead atoms. The van der Waals surface area contributed by atoms with Crippen molar-refractivity contribution in [2.75, 3.05) is 6.54 Å². The number of nitrogens with one attached hydrogen (secondary N) is 1. The topological polar surface area (TPSA) is 67.5 Å². The molecular formula is C8H17N3O. The molecule has 0 atom stereocenters. The lowest BCUT2D eigenvalue weighted by Crippen LogP contribution is -2.32. The van der Waals surface area contributed by atoms with Gasteiger partial charge < -0.3 is 5.73 Å². The molecule has 0 aliphatic carbocycles. The zero-order chi connectivity index (χ0) is 9.78. The minimum Gasteiger partial charge on any atom is -0.325 e. The van der Waals surface area contributed by atoms with E-state index in [-0.39, 0.29) is 5.91 Å². The van der Waals surface area contributed by atoms with Crippen LogP contribution >= 0.6 is 0 Å². The average Bonchev–Trinajstić information content (AvgIpc) is 1.97. The summed E-state index contributed by atoms with van der Waals surface area (Å²) in [4.78, 5) is 11.2. The smallest absolute Gasteiger partial charge is 0.245 e. The Morgan fingerprint density at radius 2 is 2.00 bits per heavy atom. The van der Waals surface area contributed by atoms with Gasteiger partial charge in [0.2, 0.25) is 5.91 Å².